The highest BCUT2D eigenvalue weighted by Crippen LogP contribution is 2.26. The van der Waals surface area contributed by atoms with Crippen molar-refractivity contribution in [2.75, 3.05) is 0 Å². The first kappa shape index (κ1) is 11.6. The lowest BCUT2D eigenvalue weighted by atomic mass is 9.86. The van der Waals surface area contributed by atoms with Crippen LogP contribution >= 0.6 is 0 Å². The van der Waals surface area contributed by atoms with E-state index in [1.807, 2.05) is 6.07 Å². The molecule has 88 valence electrons. The van der Waals surface area contributed by atoms with Crippen molar-refractivity contribution in [2.24, 2.45) is 0 Å². The Morgan fingerprint density at radius 1 is 1.24 bits per heavy atom. The number of carbonyl (C=O) groups excluding carboxylic acids is 1. The van der Waals surface area contributed by atoms with Gasteiger partial charge in [0.2, 0.25) is 0 Å². The van der Waals surface area contributed by atoms with Gasteiger partial charge in [0.25, 0.3) is 0 Å². The number of allylic oxidation sites excluding steroid dienone is 2. The van der Waals surface area contributed by atoms with Crippen LogP contribution in [0.3, 0.4) is 0 Å². The number of carboxylic acids is 1. The molecule has 0 aromatic heterocycles. The minimum absolute atomic E-state index is 0.0746. The average molecular weight is 230 g/mol. The van der Waals surface area contributed by atoms with Gasteiger partial charge in [0.15, 0.2) is 5.78 Å². The van der Waals surface area contributed by atoms with Crippen LogP contribution in [0.25, 0.3) is 0 Å². The summed E-state index contributed by atoms with van der Waals surface area (Å²) in [7, 11) is 0. The number of ketones is 1. The number of benzene rings is 1. The van der Waals surface area contributed by atoms with Crippen molar-refractivity contribution < 1.29 is 14.7 Å². The molecule has 0 saturated heterocycles. The zero-order chi connectivity index (χ0) is 12.4. The maximum Gasteiger partial charge on any atom is 0.335 e. The first-order valence-corrected chi connectivity index (χ1v) is 5.61. The largest absolute Gasteiger partial charge is 0.478 e. The number of hydrogen-bond donors (Lipinski definition) is 1. The number of aryl methyl sites for hydroxylation is 1. The van der Waals surface area contributed by atoms with Crippen LogP contribution in [0.5, 0.6) is 0 Å². The van der Waals surface area contributed by atoms with E-state index in [0.29, 0.717) is 5.56 Å². The number of carbonyl (C=O) groups is 2. The lowest BCUT2D eigenvalue weighted by Gasteiger charge is -2.18. The summed E-state index contributed by atoms with van der Waals surface area (Å²) < 4.78 is 0. The summed E-state index contributed by atoms with van der Waals surface area (Å²) in [6.07, 6.45) is 4.11. The fourth-order valence-electron chi connectivity index (χ4n) is 2.20. The van der Waals surface area contributed by atoms with Crippen LogP contribution < -0.4 is 0 Å². The monoisotopic (exact) mass is 230 g/mol. The maximum absolute atomic E-state index is 11.0. The van der Waals surface area contributed by atoms with Crippen LogP contribution in [0, 0.1) is 0 Å². The third kappa shape index (κ3) is 2.61. The fraction of sp³-hybridized carbons (Fsp3) is 0.286. The molecule has 0 radical (unpaired) electrons. The Bertz CT molecular complexity index is 512. The summed E-state index contributed by atoms with van der Waals surface area (Å²) in [5, 5.41) is 8.90. The molecule has 0 heterocycles. The predicted molar refractivity (Wildman–Crippen MR) is 64.2 cm³/mol. The summed E-state index contributed by atoms with van der Waals surface area (Å²) in [5.41, 5.74) is 3.69. The predicted octanol–water partition coefficient (Wildman–Crippen LogP) is 2.39. The summed E-state index contributed by atoms with van der Waals surface area (Å²) in [6.45, 7) is 1.55. The second kappa shape index (κ2) is 4.53. The smallest absolute Gasteiger partial charge is 0.335 e. The van der Waals surface area contributed by atoms with Crippen molar-refractivity contribution in [1.29, 1.82) is 0 Å². The molecular formula is C14H14O3. The Labute approximate surface area is 99.8 Å². The topological polar surface area (TPSA) is 54.4 Å². The molecular weight excluding hydrogens is 216 g/mol. The van der Waals surface area contributed by atoms with E-state index in [0.717, 1.165) is 36.0 Å². The van der Waals surface area contributed by atoms with Crippen LogP contribution in [-0.2, 0) is 17.6 Å². The van der Waals surface area contributed by atoms with Crippen molar-refractivity contribution >= 4 is 11.8 Å². The van der Waals surface area contributed by atoms with Crippen LogP contribution in [0.4, 0.5) is 0 Å². The van der Waals surface area contributed by atoms with Crippen molar-refractivity contribution in [1.82, 2.24) is 0 Å². The number of aromatic carboxylic acids is 1. The Hall–Kier alpha value is -1.90. The van der Waals surface area contributed by atoms with Gasteiger partial charge in [0, 0.05) is 0 Å². The molecule has 0 atom stereocenters. The summed E-state index contributed by atoms with van der Waals surface area (Å²) in [6, 6.07) is 5.21. The summed E-state index contributed by atoms with van der Waals surface area (Å²) >= 11 is 0. The lowest BCUT2D eigenvalue weighted by molar-refractivity contribution is -0.112. The highest BCUT2D eigenvalue weighted by Gasteiger charge is 2.15. The quantitative estimate of drug-likeness (QED) is 0.794. The van der Waals surface area contributed by atoms with E-state index in [9.17, 15) is 9.59 Å². The fourth-order valence-corrected chi connectivity index (χ4v) is 2.20. The van der Waals surface area contributed by atoms with E-state index >= 15 is 0 Å². The molecule has 1 aliphatic carbocycles. The molecule has 0 bridgehead atoms. The number of carboxylic acid groups (broad SMARTS) is 1. The highest BCUT2D eigenvalue weighted by molar-refractivity contribution is 5.89. The lowest BCUT2D eigenvalue weighted by Crippen LogP contribution is -2.08. The molecule has 3 heteroatoms. The van der Waals surface area contributed by atoms with Gasteiger partial charge in [-0.3, -0.25) is 4.79 Å². The molecule has 0 aliphatic heterocycles. The zero-order valence-electron chi connectivity index (χ0n) is 9.69. The normalized spacial score (nSPS) is 16.6. The maximum atomic E-state index is 11.0. The van der Waals surface area contributed by atoms with E-state index in [2.05, 4.69) is 0 Å². The third-order valence-corrected chi connectivity index (χ3v) is 2.99. The second-order valence-electron chi connectivity index (χ2n) is 4.38. The molecule has 1 N–H and O–H groups in total. The zero-order valence-corrected chi connectivity index (χ0v) is 9.69. The Kier molecular flexibility index (Phi) is 3.09. The number of fused-ring (bicyclic) bond motifs is 1. The Morgan fingerprint density at radius 3 is 2.65 bits per heavy atom. The van der Waals surface area contributed by atoms with Gasteiger partial charge >= 0.3 is 5.97 Å². The Morgan fingerprint density at radius 2 is 2.00 bits per heavy atom. The van der Waals surface area contributed by atoms with Gasteiger partial charge in [-0.25, -0.2) is 4.79 Å². The summed E-state index contributed by atoms with van der Waals surface area (Å²) in [4.78, 5) is 21.9. The SMILES string of the molecule is CC(=O)/C=C1\CCc2cc(C(=O)O)ccc2C1. The van der Waals surface area contributed by atoms with Gasteiger partial charge in [0.05, 0.1) is 5.56 Å². The number of rotatable bonds is 2. The van der Waals surface area contributed by atoms with Crippen LogP contribution in [-0.4, -0.2) is 16.9 Å². The molecule has 0 unspecified atom stereocenters. The standard InChI is InChI=1S/C14H14O3/c1-9(15)6-10-2-3-12-8-13(14(16)17)5-4-11(12)7-10/h4-6,8H,2-3,7H2,1H3,(H,16,17)/b10-6+. The minimum Gasteiger partial charge on any atom is -0.478 e. The van der Waals surface area contributed by atoms with E-state index in [4.69, 9.17) is 5.11 Å². The van der Waals surface area contributed by atoms with Crippen molar-refractivity contribution in [3.63, 3.8) is 0 Å². The number of hydrogen-bond acceptors (Lipinski definition) is 2. The average Bonchev–Trinajstić information content (AvgIpc) is 2.27. The van der Waals surface area contributed by atoms with Gasteiger partial charge in [-0.2, -0.15) is 0 Å². The second-order valence-corrected chi connectivity index (χ2v) is 4.38. The van der Waals surface area contributed by atoms with Crippen molar-refractivity contribution in [3.8, 4) is 0 Å². The minimum atomic E-state index is -0.891. The van der Waals surface area contributed by atoms with E-state index in [1.165, 1.54) is 0 Å². The molecule has 0 spiro atoms. The van der Waals surface area contributed by atoms with E-state index in [-0.39, 0.29) is 5.78 Å². The van der Waals surface area contributed by atoms with Gasteiger partial charge < -0.3 is 5.11 Å². The van der Waals surface area contributed by atoms with Gasteiger partial charge in [0.1, 0.15) is 0 Å². The molecule has 1 aromatic rings. The molecule has 0 amide bonds. The first-order valence-electron chi connectivity index (χ1n) is 5.61. The van der Waals surface area contributed by atoms with E-state index in [1.54, 1.807) is 25.1 Å². The van der Waals surface area contributed by atoms with Crippen molar-refractivity contribution in [3.05, 3.63) is 46.5 Å². The van der Waals surface area contributed by atoms with Crippen LogP contribution in [0.2, 0.25) is 0 Å². The summed E-state index contributed by atoms with van der Waals surface area (Å²) in [5.74, 6) is -0.816. The molecule has 17 heavy (non-hydrogen) atoms. The molecule has 0 fully saturated rings. The van der Waals surface area contributed by atoms with Crippen molar-refractivity contribution in [2.45, 2.75) is 26.2 Å². The third-order valence-electron chi connectivity index (χ3n) is 2.99. The molecule has 1 aromatic carbocycles. The van der Waals surface area contributed by atoms with Gasteiger partial charge in [-0.15, -0.1) is 0 Å². The molecule has 0 saturated carbocycles. The van der Waals surface area contributed by atoms with Crippen LogP contribution in [0.15, 0.2) is 29.8 Å². The Balaban J connectivity index is 2.29. The van der Waals surface area contributed by atoms with Gasteiger partial charge in [-0.05, 0) is 55.5 Å². The highest BCUT2D eigenvalue weighted by atomic mass is 16.4. The van der Waals surface area contributed by atoms with Gasteiger partial charge in [-0.1, -0.05) is 11.6 Å². The van der Waals surface area contributed by atoms with E-state index < -0.39 is 5.97 Å². The molecule has 2 rings (SSSR count). The molecule has 3 nitrogen and oxygen atoms in total. The van der Waals surface area contributed by atoms with Crippen LogP contribution in [0.1, 0.15) is 34.8 Å². The first-order chi connectivity index (χ1) is 8.06. The molecule has 1 aliphatic rings.